The van der Waals surface area contributed by atoms with Crippen molar-refractivity contribution in [1.82, 2.24) is 4.98 Å². The SMILES string of the molecule is Cl.Fc1ccc(F)c(Nc2nc(-c3ccoc3)cs2)c1. The fourth-order valence-electron chi connectivity index (χ4n) is 1.58. The number of hydrogen-bond acceptors (Lipinski definition) is 4. The summed E-state index contributed by atoms with van der Waals surface area (Å²) in [7, 11) is 0. The van der Waals surface area contributed by atoms with Crippen LogP contribution in [0.4, 0.5) is 19.6 Å². The number of rotatable bonds is 3. The highest BCUT2D eigenvalue weighted by atomic mass is 35.5. The highest BCUT2D eigenvalue weighted by Gasteiger charge is 2.09. The topological polar surface area (TPSA) is 38.1 Å². The molecular formula is C13H9ClF2N2OS. The van der Waals surface area contributed by atoms with E-state index in [0.29, 0.717) is 5.13 Å². The lowest BCUT2D eigenvalue weighted by atomic mass is 10.3. The molecule has 2 aromatic heterocycles. The van der Waals surface area contributed by atoms with Gasteiger partial charge in [-0.3, -0.25) is 0 Å². The second-order valence-electron chi connectivity index (χ2n) is 3.80. The van der Waals surface area contributed by atoms with Gasteiger partial charge in [-0.1, -0.05) is 0 Å². The van der Waals surface area contributed by atoms with Crippen LogP contribution in [0, 0.1) is 11.6 Å². The number of furan rings is 1. The number of anilines is 2. The maximum atomic E-state index is 13.5. The molecule has 3 aromatic rings. The van der Waals surface area contributed by atoms with E-state index in [-0.39, 0.29) is 18.1 Å². The third-order valence-electron chi connectivity index (χ3n) is 2.49. The first kappa shape index (κ1) is 14.5. The number of aromatic nitrogens is 1. The van der Waals surface area contributed by atoms with Crippen molar-refractivity contribution in [3.8, 4) is 11.3 Å². The molecule has 0 atom stereocenters. The molecule has 0 spiro atoms. The zero-order chi connectivity index (χ0) is 13.2. The van der Waals surface area contributed by atoms with Crippen molar-refractivity contribution in [3.63, 3.8) is 0 Å². The quantitative estimate of drug-likeness (QED) is 0.751. The van der Waals surface area contributed by atoms with Crippen molar-refractivity contribution >= 4 is 34.6 Å². The van der Waals surface area contributed by atoms with Gasteiger partial charge in [-0.25, -0.2) is 13.8 Å². The molecule has 0 radical (unpaired) electrons. The average Bonchev–Trinajstić information content (AvgIpc) is 3.04. The minimum atomic E-state index is -0.526. The van der Waals surface area contributed by atoms with E-state index in [4.69, 9.17) is 4.42 Å². The number of halogens is 3. The highest BCUT2D eigenvalue weighted by molar-refractivity contribution is 7.14. The molecule has 3 nitrogen and oxygen atoms in total. The Labute approximate surface area is 123 Å². The van der Waals surface area contributed by atoms with E-state index >= 15 is 0 Å². The summed E-state index contributed by atoms with van der Waals surface area (Å²) in [5, 5.41) is 5.05. The zero-order valence-electron chi connectivity index (χ0n) is 9.97. The summed E-state index contributed by atoms with van der Waals surface area (Å²) in [5.41, 5.74) is 1.62. The van der Waals surface area contributed by atoms with E-state index in [1.165, 1.54) is 11.3 Å². The third kappa shape index (κ3) is 2.97. The minimum absolute atomic E-state index is 0. The Morgan fingerprint density at radius 2 is 2.05 bits per heavy atom. The second-order valence-corrected chi connectivity index (χ2v) is 4.66. The molecule has 1 N–H and O–H groups in total. The lowest BCUT2D eigenvalue weighted by Gasteiger charge is -2.03. The average molecular weight is 315 g/mol. The molecule has 0 bridgehead atoms. The predicted octanol–water partition coefficient (Wildman–Crippen LogP) is 4.85. The van der Waals surface area contributed by atoms with Crippen LogP contribution in [0.25, 0.3) is 11.3 Å². The Kier molecular flexibility index (Phi) is 4.36. The molecule has 2 heterocycles. The maximum absolute atomic E-state index is 13.5. The second kappa shape index (κ2) is 6.02. The first-order valence-electron chi connectivity index (χ1n) is 5.42. The molecule has 0 saturated carbocycles. The Bertz CT molecular complexity index is 700. The summed E-state index contributed by atoms with van der Waals surface area (Å²) < 4.78 is 31.5. The van der Waals surface area contributed by atoms with Gasteiger partial charge in [0.2, 0.25) is 0 Å². The van der Waals surface area contributed by atoms with Crippen molar-refractivity contribution in [2.24, 2.45) is 0 Å². The first-order valence-corrected chi connectivity index (χ1v) is 6.30. The van der Waals surface area contributed by atoms with Crippen LogP contribution in [-0.2, 0) is 0 Å². The maximum Gasteiger partial charge on any atom is 0.187 e. The Morgan fingerprint density at radius 1 is 1.20 bits per heavy atom. The van der Waals surface area contributed by atoms with Crippen molar-refractivity contribution in [2.45, 2.75) is 0 Å². The standard InChI is InChI=1S/C13H8F2N2OS.ClH/c14-9-1-2-10(15)11(5-9)16-13-17-12(7-19-13)8-3-4-18-6-8;/h1-7H,(H,16,17);1H. The van der Waals surface area contributed by atoms with E-state index in [0.717, 1.165) is 29.5 Å². The van der Waals surface area contributed by atoms with Crippen molar-refractivity contribution < 1.29 is 13.2 Å². The van der Waals surface area contributed by atoms with E-state index in [1.807, 2.05) is 5.38 Å². The van der Waals surface area contributed by atoms with E-state index in [2.05, 4.69) is 10.3 Å². The van der Waals surface area contributed by atoms with E-state index < -0.39 is 11.6 Å². The molecular weight excluding hydrogens is 306 g/mol. The Balaban J connectivity index is 0.00000147. The van der Waals surface area contributed by atoms with Gasteiger partial charge in [0, 0.05) is 17.0 Å². The van der Waals surface area contributed by atoms with Gasteiger partial charge in [-0.05, 0) is 18.2 Å². The van der Waals surface area contributed by atoms with Crippen molar-refractivity contribution in [2.75, 3.05) is 5.32 Å². The highest BCUT2D eigenvalue weighted by Crippen LogP contribution is 2.28. The fourth-order valence-corrected chi connectivity index (χ4v) is 2.31. The molecule has 0 unspecified atom stereocenters. The fraction of sp³-hybridized carbons (Fsp3) is 0. The molecule has 0 aliphatic heterocycles. The lowest BCUT2D eigenvalue weighted by Crippen LogP contribution is -1.94. The number of hydrogen-bond donors (Lipinski definition) is 1. The van der Waals surface area contributed by atoms with Gasteiger partial charge in [-0.2, -0.15) is 0 Å². The predicted molar refractivity (Wildman–Crippen MR) is 76.7 cm³/mol. The van der Waals surface area contributed by atoms with Crippen LogP contribution in [0.3, 0.4) is 0 Å². The first-order chi connectivity index (χ1) is 9.22. The number of nitrogens with zero attached hydrogens (tertiary/aromatic N) is 1. The van der Waals surface area contributed by atoms with Gasteiger partial charge in [-0.15, -0.1) is 23.7 Å². The smallest absolute Gasteiger partial charge is 0.187 e. The third-order valence-corrected chi connectivity index (χ3v) is 3.25. The van der Waals surface area contributed by atoms with E-state index in [9.17, 15) is 8.78 Å². The Hall–Kier alpha value is -1.92. The van der Waals surface area contributed by atoms with Crippen molar-refractivity contribution in [1.29, 1.82) is 0 Å². The van der Waals surface area contributed by atoms with Crippen LogP contribution in [-0.4, -0.2) is 4.98 Å². The van der Waals surface area contributed by atoms with Crippen LogP contribution in [0.15, 0.2) is 46.6 Å². The molecule has 3 rings (SSSR count). The molecule has 20 heavy (non-hydrogen) atoms. The van der Waals surface area contributed by atoms with Crippen LogP contribution in [0.5, 0.6) is 0 Å². The molecule has 104 valence electrons. The van der Waals surface area contributed by atoms with Gasteiger partial charge in [0.1, 0.15) is 11.6 Å². The summed E-state index contributed by atoms with van der Waals surface area (Å²) >= 11 is 1.30. The molecule has 1 aromatic carbocycles. The molecule has 0 aliphatic rings. The number of thiazole rings is 1. The normalized spacial score (nSPS) is 10.1. The van der Waals surface area contributed by atoms with Crippen LogP contribution in [0.1, 0.15) is 0 Å². The van der Waals surface area contributed by atoms with Gasteiger partial charge in [0.05, 0.1) is 23.9 Å². The van der Waals surface area contributed by atoms with Gasteiger partial charge in [0.25, 0.3) is 0 Å². The summed E-state index contributed by atoms with van der Waals surface area (Å²) in [6, 6.07) is 5.01. The summed E-state index contributed by atoms with van der Waals surface area (Å²) in [6.07, 6.45) is 3.12. The van der Waals surface area contributed by atoms with Crippen LogP contribution in [0.2, 0.25) is 0 Å². The van der Waals surface area contributed by atoms with E-state index in [1.54, 1.807) is 18.6 Å². The zero-order valence-corrected chi connectivity index (χ0v) is 11.6. The van der Waals surface area contributed by atoms with Gasteiger partial charge >= 0.3 is 0 Å². The van der Waals surface area contributed by atoms with Gasteiger partial charge in [0.15, 0.2) is 5.13 Å². The summed E-state index contributed by atoms with van der Waals surface area (Å²) in [6.45, 7) is 0. The van der Waals surface area contributed by atoms with Gasteiger partial charge < -0.3 is 9.73 Å². The summed E-state index contributed by atoms with van der Waals surface area (Å²) in [5.74, 6) is -1.03. The van der Waals surface area contributed by atoms with Crippen molar-refractivity contribution in [3.05, 3.63) is 53.8 Å². The molecule has 7 heteroatoms. The number of nitrogens with one attached hydrogen (secondary N) is 1. The van der Waals surface area contributed by atoms with Crippen LogP contribution >= 0.6 is 23.7 Å². The lowest BCUT2D eigenvalue weighted by molar-refractivity contribution is 0.568. The molecule has 0 saturated heterocycles. The largest absolute Gasteiger partial charge is 0.472 e. The number of benzene rings is 1. The monoisotopic (exact) mass is 314 g/mol. The molecule has 0 amide bonds. The Morgan fingerprint density at radius 3 is 2.80 bits per heavy atom. The molecule has 0 fully saturated rings. The molecule has 0 aliphatic carbocycles. The van der Waals surface area contributed by atoms with Crippen LogP contribution < -0.4 is 5.32 Å². The minimum Gasteiger partial charge on any atom is -0.472 e. The summed E-state index contributed by atoms with van der Waals surface area (Å²) in [4.78, 5) is 4.28.